The van der Waals surface area contributed by atoms with Crippen molar-refractivity contribution in [3.05, 3.63) is 54.1 Å². The summed E-state index contributed by atoms with van der Waals surface area (Å²) >= 11 is 0. The molecular weight excluding hydrogens is 414 g/mol. The Morgan fingerprint density at radius 3 is 2.50 bits per heavy atom. The Bertz CT molecular complexity index is 1090. The van der Waals surface area contributed by atoms with Crippen molar-refractivity contribution in [1.82, 2.24) is 20.3 Å². The Balaban J connectivity index is 1.44. The number of aromatic amines is 1. The third-order valence-corrected chi connectivity index (χ3v) is 5.75. The van der Waals surface area contributed by atoms with Crippen molar-refractivity contribution in [3.63, 3.8) is 0 Å². The van der Waals surface area contributed by atoms with Gasteiger partial charge in [-0.15, -0.1) is 0 Å². The molecule has 0 aliphatic heterocycles. The van der Waals surface area contributed by atoms with E-state index >= 15 is 0 Å². The summed E-state index contributed by atoms with van der Waals surface area (Å²) in [5.41, 5.74) is 2.18. The number of carboxylic acids is 1. The van der Waals surface area contributed by atoms with Crippen molar-refractivity contribution in [1.29, 1.82) is 0 Å². The summed E-state index contributed by atoms with van der Waals surface area (Å²) < 4.78 is 0. The molecule has 3 aromatic rings. The number of hydrogen-bond donors (Lipinski definition) is 6. The van der Waals surface area contributed by atoms with Crippen molar-refractivity contribution >= 4 is 28.6 Å². The molecule has 1 amide bonds. The number of nitrogens with one attached hydrogen (secondary N) is 3. The van der Waals surface area contributed by atoms with E-state index in [4.69, 9.17) is 0 Å². The minimum Gasteiger partial charge on any atom is -0.481 e. The standard InChI is InChI=1S/C22H25N5O5/c28-17-7-12(8-18(17)29)10-24-14-3-1-13(2-4-14)16(9-19(30)31)27-22(32)20-15-5-6-23-21(15)26-11-25-20/h1-6,11-12,16-18,24,28-29H,7-10H2,(H,27,32)(H,30,31)(H,23,25,26)/t12?,16-,17-,18+/m1/s1. The fourth-order valence-electron chi connectivity index (χ4n) is 4.06. The lowest BCUT2D eigenvalue weighted by Gasteiger charge is -2.18. The number of nitrogens with zero attached hydrogens (tertiary/aromatic N) is 2. The second-order valence-corrected chi connectivity index (χ2v) is 8.06. The van der Waals surface area contributed by atoms with E-state index in [-0.39, 0.29) is 18.0 Å². The summed E-state index contributed by atoms with van der Waals surface area (Å²) in [5, 5.41) is 35.3. The molecule has 4 rings (SSSR count). The number of carbonyl (C=O) groups is 2. The van der Waals surface area contributed by atoms with Gasteiger partial charge in [0.2, 0.25) is 0 Å². The van der Waals surface area contributed by atoms with Crippen LogP contribution < -0.4 is 10.6 Å². The highest BCUT2D eigenvalue weighted by molar-refractivity contribution is 6.03. The van der Waals surface area contributed by atoms with Crippen LogP contribution in [0.25, 0.3) is 11.0 Å². The van der Waals surface area contributed by atoms with Gasteiger partial charge in [-0.1, -0.05) is 12.1 Å². The number of rotatable bonds is 8. The van der Waals surface area contributed by atoms with Crippen molar-refractivity contribution in [2.45, 2.75) is 37.5 Å². The molecule has 0 bridgehead atoms. The molecule has 2 heterocycles. The van der Waals surface area contributed by atoms with Crippen molar-refractivity contribution in [3.8, 4) is 0 Å². The fraction of sp³-hybridized carbons (Fsp3) is 0.364. The van der Waals surface area contributed by atoms with E-state index in [9.17, 15) is 24.9 Å². The van der Waals surface area contributed by atoms with Crippen LogP contribution in [-0.2, 0) is 4.79 Å². The van der Waals surface area contributed by atoms with E-state index in [1.807, 2.05) is 12.1 Å². The molecular formula is C22H25N5O5. The summed E-state index contributed by atoms with van der Waals surface area (Å²) in [7, 11) is 0. The Morgan fingerprint density at radius 1 is 1.09 bits per heavy atom. The highest BCUT2D eigenvalue weighted by atomic mass is 16.4. The first-order valence-corrected chi connectivity index (χ1v) is 10.4. The molecule has 1 fully saturated rings. The number of amides is 1. The van der Waals surface area contributed by atoms with Gasteiger partial charge in [-0.25, -0.2) is 9.97 Å². The summed E-state index contributed by atoms with van der Waals surface area (Å²) in [6.45, 7) is 0.614. The number of hydrogen-bond acceptors (Lipinski definition) is 7. The van der Waals surface area contributed by atoms with Crippen LogP contribution >= 0.6 is 0 Å². The highest BCUT2D eigenvalue weighted by Crippen LogP contribution is 2.27. The number of fused-ring (bicyclic) bond motifs is 1. The molecule has 0 spiro atoms. The number of benzene rings is 1. The van der Waals surface area contributed by atoms with Crippen LogP contribution in [0.5, 0.6) is 0 Å². The molecule has 10 heteroatoms. The normalized spacial score (nSPS) is 21.4. The van der Waals surface area contributed by atoms with E-state index in [1.165, 1.54) is 6.33 Å². The summed E-state index contributed by atoms with van der Waals surface area (Å²) in [4.78, 5) is 35.3. The largest absolute Gasteiger partial charge is 0.481 e. The van der Waals surface area contributed by atoms with Gasteiger partial charge < -0.3 is 30.9 Å². The van der Waals surface area contributed by atoms with E-state index in [0.717, 1.165) is 5.69 Å². The molecule has 6 N–H and O–H groups in total. The molecule has 0 radical (unpaired) electrons. The molecule has 168 valence electrons. The molecule has 32 heavy (non-hydrogen) atoms. The number of aromatic nitrogens is 3. The maximum atomic E-state index is 12.8. The topological polar surface area (TPSA) is 160 Å². The molecule has 10 nitrogen and oxygen atoms in total. The maximum absolute atomic E-state index is 12.8. The Kier molecular flexibility index (Phi) is 6.33. The molecule has 0 saturated heterocycles. The SMILES string of the molecule is O=C(O)C[C@@H](NC(=O)c1ncnc2[nH]ccc12)c1ccc(NCC2C[C@@H](O)[C@@H](O)C2)cc1. The molecule has 1 saturated carbocycles. The summed E-state index contributed by atoms with van der Waals surface area (Å²) in [6.07, 6.45) is 2.41. The Hall–Kier alpha value is -3.50. The lowest BCUT2D eigenvalue weighted by atomic mass is 10.0. The van der Waals surface area contributed by atoms with Crippen molar-refractivity contribution in [2.24, 2.45) is 5.92 Å². The smallest absolute Gasteiger partial charge is 0.305 e. The van der Waals surface area contributed by atoms with E-state index in [0.29, 0.717) is 36.0 Å². The maximum Gasteiger partial charge on any atom is 0.305 e. The van der Waals surface area contributed by atoms with Gasteiger partial charge >= 0.3 is 5.97 Å². The molecule has 1 aliphatic carbocycles. The minimum absolute atomic E-state index is 0.172. The second-order valence-electron chi connectivity index (χ2n) is 8.06. The second kappa shape index (κ2) is 9.33. The van der Waals surface area contributed by atoms with Crippen LogP contribution in [0.4, 0.5) is 5.69 Å². The molecule has 1 unspecified atom stereocenters. The quantitative estimate of drug-likeness (QED) is 0.307. The van der Waals surface area contributed by atoms with Crippen LogP contribution in [0.1, 0.15) is 41.4 Å². The molecule has 2 aromatic heterocycles. The lowest BCUT2D eigenvalue weighted by molar-refractivity contribution is -0.137. The van der Waals surface area contributed by atoms with Crippen LogP contribution in [0, 0.1) is 5.92 Å². The summed E-state index contributed by atoms with van der Waals surface area (Å²) in [6, 6.07) is 8.11. The van der Waals surface area contributed by atoms with Crippen LogP contribution in [-0.4, -0.2) is 60.9 Å². The van der Waals surface area contributed by atoms with Gasteiger partial charge in [-0.3, -0.25) is 9.59 Å². The van der Waals surface area contributed by atoms with Crippen molar-refractivity contribution < 1.29 is 24.9 Å². The number of anilines is 1. The van der Waals surface area contributed by atoms with E-state index in [1.54, 1.807) is 24.4 Å². The van der Waals surface area contributed by atoms with Gasteiger partial charge in [0, 0.05) is 18.4 Å². The minimum atomic E-state index is -1.04. The van der Waals surface area contributed by atoms with Crippen molar-refractivity contribution in [2.75, 3.05) is 11.9 Å². The van der Waals surface area contributed by atoms with Crippen LogP contribution in [0.2, 0.25) is 0 Å². The number of carbonyl (C=O) groups excluding carboxylic acids is 1. The molecule has 4 atom stereocenters. The van der Waals surface area contributed by atoms with Crippen LogP contribution in [0.15, 0.2) is 42.9 Å². The Labute approximate surface area is 183 Å². The van der Waals surface area contributed by atoms with Gasteiger partial charge in [0.05, 0.1) is 30.1 Å². The monoisotopic (exact) mass is 439 g/mol. The van der Waals surface area contributed by atoms with Gasteiger partial charge in [0.1, 0.15) is 17.7 Å². The number of carboxylic acid groups (broad SMARTS) is 1. The van der Waals surface area contributed by atoms with Crippen LogP contribution in [0.3, 0.4) is 0 Å². The number of H-pyrrole nitrogens is 1. The zero-order valence-corrected chi connectivity index (χ0v) is 17.2. The number of aliphatic carboxylic acids is 1. The molecule has 1 aliphatic rings. The van der Waals surface area contributed by atoms with E-state index in [2.05, 4.69) is 25.6 Å². The van der Waals surface area contributed by atoms with Gasteiger partial charge in [0.15, 0.2) is 0 Å². The zero-order chi connectivity index (χ0) is 22.7. The Morgan fingerprint density at radius 2 is 1.81 bits per heavy atom. The van der Waals surface area contributed by atoms with Gasteiger partial charge in [-0.2, -0.15) is 0 Å². The third-order valence-electron chi connectivity index (χ3n) is 5.75. The first kappa shape index (κ1) is 21.7. The predicted octanol–water partition coefficient (Wildman–Crippen LogP) is 1.45. The summed E-state index contributed by atoms with van der Waals surface area (Å²) in [5.74, 6) is -1.34. The van der Waals surface area contributed by atoms with E-state index < -0.39 is 30.1 Å². The average molecular weight is 439 g/mol. The fourth-order valence-corrected chi connectivity index (χ4v) is 4.06. The third kappa shape index (κ3) is 4.87. The number of aliphatic hydroxyl groups excluding tert-OH is 2. The average Bonchev–Trinajstić information content (AvgIpc) is 3.37. The first-order chi connectivity index (χ1) is 15.4. The van der Waals surface area contributed by atoms with Gasteiger partial charge in [-0.05, 0) is 42.5 Å². The first-order valence-electron chi connectivity index (χ1n) is 10.4. The molecule has 1 aromatic carbocycles. The highest BCUT2D eigenvalue weighted by Gasteiger charge is 2.31. The van der Waals surface area contributed by atoms with Gasteiger partial charge in [0.25, 0.3) is 5.91 Å². The lowest BCUT2D eigenvalue weighted by Crippen LogP contribution is -2.31. The predicted molar refractivity (Wildman–Crippen MR) is 116 cm³/mol. The zero-order valence-electron chi connectivity index (χ0n) is 17.2. The number of aliphatic hydroxyl groups is 2.